The van der Waals surface area contributed by atoms with Crippen molar-refractivity contribution in [2.24, 2.45) is 0 Å². The molecule has 0 saturated carbocycles. The third-order valence-corrected chi connectivity index (χ3v) is 5.56. The number of nitrogens with one attached hydrogen (secondary N) is 1. The minimum Gasteiger partial charge on any atom is -0.351 e. The highest BCUT2D eigenvalue weighted by Crippen LogP contribution is 2.42. The third kappa shape index (κ3) is 3.19. The van der Waals surface area contributed by atoms with Crippen LogP contribution in [-0.2, 0) is 0 Å². The first-order valence-corrected chi connectivity index (χ1v) is 10.0. The monoisotopic (exact) mass is 396 g/mol. The molecule has 2 atom stereocenters. The number of thiocarbonyl (C=S) groups is 1. The van der Waals surface area contributed by atoms with Crippen molar-refractivity contribution in [2.75, 3.05) is 4.90 Å². The number of para-hydroxylation sites is 2. The molecule has 1 aliphatic rings. The van der Waals surface area contributed by atoms with E-state index < -0.39 is 0 Å². The van der Waals surface area contributed by atoms with Crippen LogP contribution in [0.1, 0.15) is 23.5 Å². The zero-order chi connectivity index (χ0) is 19.6. The normalized spacial score (nSPS) is 18.6. The number of pyridine rings is 1. The molecule has 142 valence electrons. The first-order valence-electron chi connectivity index (χ1n) is 9.61. The van der Waals surface area contributed by atoms with E-state index in [1.54, 1.807) is 0 Å². The van der Waals surface area contributed by atoms with Crippen molar-refractivity contribution in [1.29, 1.82) is 0 Å². The van der Waals surface area contributed by atoms with Gasteiger partial charge in [0.1, 0.15) is 6.04 Å². The minimum atomic E-state index is -0.0544. The first kappa shape index (κ1) is 17.6. The highest BCUT2D eigenvalue weighted by Gasteiger charge is 2.42. The lowest BCUT2D eigenvalue weighted by Crippen LogP contribution is -2.30. The van der Waals surface area contributed by atoms with Crippen LogP contribution in [0.5, 0.6) is 0 Å². The van der Waals surface area contributed by atoms with E-state index in [1.807, 2.05) is 42.6 Å². The quantitative estimate of drug-likeness (QED) is 0.490. The van der Waals surface area contributed by atoms with Crippen LogP contribution in [0.2, 0.25) is 0 Å². The summed E-state index contributed by atoms with van der Waals surface area (Å²) in [7, 11) is 0. The topological polar surface area (TPSA) is 33.1 Å². The maximum Gasteiger partial charge on any atom is 0.174 e. The van der Waals surface area contributed by atoms with Gasteiger partial charge >= 0.3 is 0 Å². The van der Waals surface area contributed by atoms with E-state index in [0.29, 0.717) is 5.11 Å². The molecule has 3 heterocycles. The summed E-state index contributed by atoms with van der Waals surface area (Å²) in [5.74, 6) is 0. The van der Waals surface area contributed by atoms with Crippen LogP contribution in [0.3, 0.4) is 0 Å². The Hall–Kier alpha value is -3.44. The lowest BCUT2D eigenvalue weighted by Gasteiger charge is -2.29. The molecule has 0 amide bonds. The maximum atomic E-state index is 5.79. The summed E-state index contributed by atoms with van der Waals surface area (Å²) in [6, 6.07) is 30.9. The van der Waals surface area contributed by atoms with Crippen molar-refractivity contribution in [3.05, 3.63) is 115 Å². The van der Waals surface area contributed by atoms with Crippen molar-refractivity contribution >= 4 is 23.0 Å². The zero-order valence-corrected chi connectivity index (χ0v) is 16.5. The van der Waals surface area contributed by atoms with Crippen molar-refractivity contribution in [3.63, 3.8) is 0 Å². The molecule has 2 aromatic heterocycles. The molecular weight excluding hydrogens is 376 g/mol. The second-order valence-corrected chi connectivity index (χ2v) is 7.36. The number of aromatic nitrogens is 2. The summed E-state index contributed by atoms with van der Waals surface area (Å²) < 4.78 is 2.23. The van der Waals surface area contributed by atoms with Gasteiger partial charge < -0.3 is 14.8 Å². The smallest absolute Gasteiger partial charge is 0.174 e. The average molecular weight is 397 g/mol. The van der Waals surface area contributed by atoms with Crippen LogP contribution in [0.4, 0.5) is 5.69 Å². The Kier molecular flexibility index (Phi) is 4.58. The molecule has 1 aliphatic heterocycles. The molecule has 29 heavy (non-hydrogen) atoms. The summed E-state index contributed by atoms with van der Waals surface area (Å²) in [6.07, 6.45) is 3.93. The molecule has 4 aromatic rings. The van der Waals surface area contributed by atoms with Gasteiger partial charge in [0.05, 0.1) is 11.7 Å². The highest BCUT2D eigenvalue weighted by atomic mass is 32.1. The fraction of sp³-hybridized carbons (Fsp3) is 0.0833. The van der Waals surface area contributed by atoms with Crippen molar-refractivity contribution in [3.8, 4) is 5.69 Å². The molecule has 1 N–H and O–H groups in total. The van der Waals surface area contributed by atoms with Gasteiger partial charge in [-0.25, -0.2) is 0 Å². The maximum absolute atomic E-state index is 5.79. The zero-order valence-electron chi connectivity index (χ0n) is 15.7. The molecule has 1 saturated heterocycles. The molecule has 1 fully saturated rings. The Balaban J connectivity index is 1.67. The van der Waals surface area contributed by atoms with Crippen LogP contribution in [-0.4, -0.2) is 14.7 Å². The van der Waals surface area contributed by atoms with E-state index >= 15 is 0 Å². The molecule has 0 unspecified atom stereocenters. The van der Waals surface area contributed by atoms with Gasteiger partial charge in [0, 0.05) is 29.5 Å². The molecule has 0 aliphatic carbocycles. The van der Waals surface area contributed by atoms with Gasteiger partial charge in [0.25, 0.3) is 0 Å². The number of benzene rings is 2. The third-order valence-electron chi connectivity index (χ3n) is 5.25. The van der Waals surface area contributed by atoms with Gasteiger partial charge in [-0.15, -0.1) is 0 Å². The summed E-state index contributed by atoms with van der Waals surface area (Å²) in [4.78, 5) is 6.83. The Morgan fingerprint density at radius 1 is 0.759 bits per heavy atom. The van der Waals surface area contributed by atoms with Crippen LogP contribution < -0.4 is 10.2 Å². The molecule has 5 heteroatoms. The highest BCUT2D eigenvalue weighted by molar-refractivity contribution is 7.80. The van der Waals surface area contributed by atoms with E-state index in [4.69, 9.17) is 12.2 Å². The number of hydrogen-bond acceptors (Lipinski definition) is 2. The minimum absolute atomic E-state index is 0.0324. The summed E-state index contributed by atoms with van der Waals surface area (Å²) in [5, 5.41) is 4.22. The van der Waals surface area contributed by atoms with E-state index in [-0.39, 0.29) is 12.1 Å². The summed E-state index contributed by atoms with van der Waals surface area (Å²) in [5.41, 5.74) is 4.31. The van der Waals surface area contributed by atoms with Crippen LogP contribution >= 0.6 is 12.2 Å². The van der Waals surface area contributed by atoms with Crippen LogP contribution in [0.15, 0.2) is 103 Å². The van der Waals surface area contributed by atoms with Gasteiger partial charge in [-0.2, -0.15) is 0 Å². The number of rotatable bonds is 4. The second-order valence-electron chi connectivity index (χ2n) is 6.97. The molecule has 0 radical (unpaired) electrons. The van der Waals surface area contributed by atoms with Gasteiger partial charge in [0.2, 0.25) is 0 Å². The summed E-state index contributed by atoms with van der Waals surface area (Å²) >= 11 is 5.79. The Bertz CT molecular complexity index is 1110. The van der Waals surface area contributed by atoms with Crippen molar-refractivity contribution < 1.29 is 0 Å². The molecule has 0 spiro atoms. The van der Waals surface area contributed by atoms with E-state index in [0.717, 1.165) is 22.8 Å². The SMILES string of the molecule is S=C1N[C@@H](c2ccccn2)[C@H](c2cccn2-c2ccccc2)N1c1ccccc1. The van der Waals surface area contributed by atoms with Crippen molar-refractivity contribution in [2.45, 2.75) is 12.1 Å². The summed E-state index contributed by atoms with van der Waals surface area (Å²) in [6.45, 7) is 0. The Labute approximate surface area is 175 Å². The second kappa shape index (κ2) is 7.53. The van der Waals surface area contributed by atoms with Crippen LogP contribution in [0, 0.1) is 0 Å². The van der Waals surface area contributed by atoms with Gasteiger partial charge in [0.15, 0.2) is 5.11 Å². The average Bonchev–Trinajstić information content (AvgIpc) is 3.40. The first-order chi connectivity index (χ1) is 14.3. The van der Waals surface area contributed by atoms with Gasteiger partial charge in [-0.1, -0.05) is 42.5 Å². The van der Waals surface area contributed by atoms with Gasteiger partial charge in [-0.3, -0.25) is 4.98 Å². The fourth-order valence-corrected chi connectivity index (χ4v) is 4.33. The lowest BCUT2D eigenvalue weighted by molar-refractivity contribution is 0.549. The Morgan fingerprint density at radius 3 is 2.14 bits per heavy atom. The predicted octanol–water partition coefficient (Wildman–Crippen LogP) is 5.05. The fourth-order valence-electron chi connectivity index (χ4n) is 3.98. The molecule has 4 nitrogen and oxygen atoms in total. The molecule has 2 aromatic carbocycles. The molecule has 5 rings (SSSR count). The standard InChI is InChI=1S/C24H20N4S/c29-24-26-22(20-14-7-8-16-25-20)23(28(24)19-12-5-2-6-13-19)21-15-9-17-27(21)18-10-3-1-4-11-18/h1-17,22-23H,(H,26,29)/t22-,23-/m0/s1. The molecule has 0 bridgehead atoms. The largest absolute Gasteiger partial charge is 0.351 e. The molecular formula is C24H20N4S. The number of nitrogens with zero attached hydrogens (tertiary/aromatic N) is 3. The number of hydrogen-bond donors (Lipinski definition) is 1. The van der Waals surface area contributed by atoms with Crippen LogP contribution in [0.25, 0.3) is 5.69 Å². The van der Waals surface area contributed by atoms with E-state index in [2.05, 4.69) is 80.6 Å². The predicted molar refractivity (Wildman–Crippen MR) is 120 cm³/mol. The van der Waals surface area contributed by atoms with E-state index in [1.165, 1.54) is 0 Å². The van der Waals surface area contributed by atoms with Crippen molar-refractivity contribution in [1.82, 2.24) is 14.9 Å². The Morgan fingerprint density at radius 2 is 1.45 bits per heavy atom. The van der Waals surface area contributed by atoms with Gasteiger partial charge in [-0.05, 0) is 60.7 Å². The number of anilines is 1. The lowest BCUT2D eigenvalue weighted by atomic mass is 10.0. The van der Waals surface area contributed by atoms with E-state index in [9.17, 15) is 0 Å².